The third kappa shape index (κ3) is 5.91. The molecule has 0 aromatic carbocycles. The van der Waals surface area contributed by atoms with Crippen molar-refractivity contribution in [1.82, 2.24) is 0 Å². The van der Waals surface area contributed by atoms with Crippen molar-refractivity contribution in [2.75, 3.05) is 5.75 Å². The lowest BCUT2D eigenvalue weighted by molar-refractivity contribution is -0.151. The number of rotatable bonds is 2. The maximum atomic E-state index is 10.7. The van der Waals surface area contributed by atoms with E-state index in [9.17, 15) is 4.79 Å². The molecule has 0 heterocycles. The molecule has 0 saturated heterocycles. The molecule has 4 heteroatoms. The zero-order chi connectivity index (χ0) is 8.20. The molecule has 0 aromatic heterocycles. The topological polar surface area (TPSA) is 46.5 Å². The van der Waals surface area contributed by atoms with Crippen molar-refractivity contribution in [3.63, 3.8) is 0 Å². The highest BCUT2D eigenvalue weighted by atomic mass is 32.2. The second-order valence-electron chi connectivity index (χ2n) is 2.86. The van der Waals surface area contributed by atoms with Gasteiger partial charge in [-0.15, -0.1) is 0 Å². The van der Waals surface area contributed by atoms with Gasteiger partial charge in [-0.2, -0.15) is 0 Å². The van der Waals surface area contributed by atoms with E-state index in [2.05, 4.69) is 0 Å². The van der Waals surface area contributed by atoms with Crippen molar-refractivity contribution in [1.29, 1.82) is 0 Å². The highest BCUT2D eigenvalue weighted by molar-refractivity contribution is 7.94. The van der Waals surface area contributed by atoms with E-state index >= 15 is 0 Å². The zero-order valence-corrected chi connectivity index (χ0v) is 7.20. The highest BCUT2D eigenvalue weighted by Gasteiger charge is 2.15. The number of carbonyl (C=O) groups is 1. The number of ether oxygens (including phenoxy) is 1. The van der Waals surface area contributed by atoms with Crippen LogP contribution in [0.5, 0.6) is 0 Å². The van der Waals surface area contributed by atoms with E-state index in [0.29, 0.717) is 12.0 Å². The molecule has 0 amide bonds. The average Bonchev–Trinajstić information content (AvgIpc) is 1.59. The third-order valence-corrected chi connectivity index (χ3v) is 0.967. The standard InChI is InChI=1S/C6H12O3S/c1-6(2,3)9-5(7)4-10-8/h8H,4H2,1-3H3. The molecule has 0 saturated carbocycles. The van der Waals surface area contributed by atoms with Crippen molar-refractivity contribution in [3.05, 3.63) is 0 Å². The highest BCUT2D eigenvalue weighted by Crippen LogP contribution is 2.08. The van der Waals surface area contributed by atoms with Crippen LogP contribution in [0.25, 0.3) is 0 Å². The summed E-state index contributed by atoms with van der Waals surface area (Å²) in [5.74, 6) is -0.392. The largest absolute Gasteiger partial charge is 0.459 e. The van der Waals surface area contributed by atoms with Gasteiger partial charge in [0.25, 0.3) is 0 Å². The Kier molecular flexibility index (Phi) is 3.75. The molecule has 0 atom stereocenters. The van der Waals surface area contributed by atoms with Gasteiger partial charge in [-0.1, -0.05) is 0 Å². The fraction of sp³-hybridized carbons (Fsp3) is 0.833. The van der Waals surface area contributed by atoms with Crippen LogP contribution in [0.4, 0.5) is 0 Å². The van der Waals surface area contributed by atoms with Gasteiger partial charge in [-0.25, -0.2) is 0 Å². The normalized spacial score (nSPS) is 11.2. The Labute approximate surface area is 65.0 Å². The van der Waals surface area contributed by atoms with Gasteiger partial charge in [0, 0.05) is 0 Å². The number of hydrogen-bond donors (Lipinski definition) is 1. The van der Waals surface area contributed by atoms with Crippen LogP contribution < -0.4 is 0 Å². The molecule has 0 aliphatic heterocycles. The molecule has 0 radical (unpaired) electrons. The molecule has 10 heavy (non-hydrogen) atoms. The lowest BCUT2D eigenvalue weighted by Crippen LogP contribution is -2.24. The van der Waals surface area contributed by atoms with E-state index in [4.69, 9.17) is 9.29 Å². The van der Waals surface area contributed by atoms with Crippen molar-refractivity contribution < 1.29 is 14.1 Å². The molecule has 0 fully saturated rings. The van der Waals surface area contributed by atoms with E-state index < -0.39 is 5.60 Å². The Balaban J connectivity index is 3.58. The average molecular weight is 164 g/mol. The molecule has 0 aromatic rings. The second-order valence-corrected chi connectivity index (χ2v) is 3.41. The first-order valence-electron chi connectivity index (χ1n) is 2.94. The van der Waals surface area contributed by atoms with Crippen LogP contribution in [-0.4, -0.2) is 21.9 Å². The summed E-state index contributed by atoms with van der Waals surface area (Å²) in [4.78, 5) is 10.7. The molecule has 0 aliphatic carbocycles. The van der Waals surface area contributed by atoms with E-state index in [-0.39, 0.29) is 11.7 Å². The van der Waals surface area contributed by atoms with Crippen LogP contribution >= 0.6 is 12.0 Å². The van der Waals surface area contributed by atoms with Crippen molar-refractivity contribution in [3.8, 4) is 0 Å². The van der Waals surface area contributed by atoms with Gasteiger partial charge in [-0.05, 0) is 32.8 Å². The predicted molar refractivity (Wildman–Crippen MR) is 40.9 cm³/mol. The van der Waals surface area contributed by atoms with Crippen LogP contribution in [0.3, 0.4) is 0 Å². The molecule has 1 N–H and O–H groups in total. The maximum absolute atomic E-state index is 10.7. The van der Waals surface area contributed by atoms with Gasteiger partial charge in [0.1, 0.15) is 11.4 Å². The Morgan fingerprint density at radius 3 is 2.40 bits per heavy atom. The molecule has 60 valence electrons. The third-order valence-electron chi connectivity index (χ3n) is 0.602. The minimum Gasteiger partial charge on any atom is -0.459 e. The molecule has 3 nitrogen and oxygen atoms in total. The first kappa shape index (κ1) is 9.78. The van der Waals surface area contributed by atoms with Gasteiger partial charge in [0.05, 0.1) is 0 Å². The number of carbonyl (C=O) groups excluding carboxylic acids is 1. The first-order valence-corrected chi connectivity index (χ1v) is 3.88. The summed E-state index contributed by atoms with van der Waals surface area (Å²) in [6.07, 6.45) is 0. The Bertz CT molecular complexity index is 117. The van der Waals surface area contributed by atoms with Gasteiger partial charge in [-0.3, -0.25) is 4.79 Å². The first-order chi connectivity index (χ1) is 4.45. The SMILES string of the molecule is CC(C)(C)OC(=O)CSO. The van der Waals surface area contributed by atoms with Crippen molar-refractivity contribution >= 4 is 18.0 Å². The van der Waals surface area contributed by atoms with E-state index in [1.54, 1.807) is 20.8 Å². The number of esters is 1. The molecule has 0 aliphatic rings. The van der Waals surface area contributed by atoms with Crippen LogP contribution in [0.1, 0.15) is 20.8 Å². The quantitative estimate of drug-likeness (QED) is 0.496. The second kappa shape index (κ2) is 3.83. The molecular formula is C6H12O3S. The summed E-state index contributed by atoms with van der Waals surface area (Å²) in [6.45, 7) is 5.35. The lowest BCUT2D eigenvalue weighted by atomic mass is 10.2. The maximum Gasteiger partial charge on any atom is 0.318 e. The molecule has 0 rings (SSSR count). The van der Waals surface area contributed by atoms with E-state index in [1.165, 1.54) is 0 Å². The van der Waals surface area contributed by atoms with Gasteiger partial charge < -0.3 is 9.29 Å². The van der Waals surface area contributed by atoms with Crippen LogP contribution in [-0.2, 0) is 9.53 Å². The minimum atomic E-state index is -0.452. The van der Waals surface area contributed by atoms with Gasteiger partial charge >= 0.3 is 5.97 Å². The predicted octanol–water partition coefficient (Wildman–Crippen LogP) is 1.53. The number of hydrogen-bond acceptors (Lipinski definition) is 4. The molecule has 0 spiro atoms. The van der Waals surface area contributed by atoms with E-state index in [1.807, 2.05) is 0 Å². The summed E-state index contributed by atoms with van der Waals surface area (Å²) in [7, 11) is 0. The Hall–Kier alpha value is -0.220. The molecular weight excluding hydrogens is 152 g/mol. The zero-order valence-electron chi connectivity index (χ0n) is 6.38. The summed E-state index contributed by atoms with van der Waals surface area (Å²) in [5.41, 5.74) is -0.452. The summed E-state index contributed by atoms with van der Waals surface area (Å²) in [5, 5.41) is 0. The van der Waals surface area contributed by atoms with Gasteiger partial charge in [0.2, 0.25) is 0 Å². The Morgan fingerprint density at radius 2 is 2.10 bits per heavy atom. The minimum absolute atomic E-state index is 0.00271. The fourth-order valence-electron chi connectivity index (χ4n) is 0.424. The molecule has 0 unspecified atom stereocenters. The van der Waals surface area contributed by atoms with Crippen molar-refractivity contribution in [2.24, 2.45) is 0 Å². The van der Waals surface area contributed by atoms with Crippen LogP contribution in [0.15, 0.2) is 0 Å². The van der Waals surface area contributed by atoms with E-state index in [0.717, 1.165) is 0 Å². The summed E-state index contributed by atoms with van der Waals surface area (Å²) >= 11 is 0.476. The van der Waals surface area contributed by atoms with Crippen LogP contribution in [0, 0.1) is 0 Å². The lowest BCUT2D eigenvalue weighted by Gasteiger charge is -2.18. The fourth-order valence-corrected chi connectivity index (χ4v) is 0.588. The van der Waals surface area contributed by atoms with Crippen molar-refractivity contribution in [2.45, 2.75) is 26.4 Å². The Morgan fingerprint density at radius 1 is 1.60 bits per heavy atom. The van der Waals surface area contributed by atoms with Crippen LogP contribution in [0.2, 0.25) is 0 Å². The molecule has 0 bridgehead atoms. The summed E-state index contributed by atoms with van der Waals surface area (Å²) < 4.78 is 13.1. The monoisotopic (exact) mass is 164 g/mol. The summed E-state index contributed by atoms with van der Waals surface area (Å²) in [6, 6.07) is 0. The smallest absolute Gasteiger partial charge is 0.318 e. The van der Waals surface area contributed by atoms with Gasteiger partial charge in [0.15, 0.2) is 0 Å².